The number of nitrogens with one attached hydrogen (secondary N) is 2. The average molecular weight is 506 g/mol. The van der Waals surface area contributed by atoms with Gasteiger partial charge in [-0.2, -0.15) is 0 Å². The summed E-state index contributed by atoms with van der Waals surface area (Å²) in [5, 5.41) is 6.49. The molecule has 2 aliphatic heterocycles. The van der Waals surface area contributed by atoms with Crippen LogP contribution in [0.4, 0.5) is 0 Å². The van der Waals surface area contributed by atoms with Gasteiger partial charge in [-0.25, -0.2) is 8.42 Å². The van der Waals surface area contributed by atoms with Crippen molar-refractivity contribution in [2.24, 2.45) is 4.99 Å². The Morgan fingerprint density at radius 1 is 1.30 bits per heavy atom. The second kappa shape index (κ2) is 10.6. The number of halogens is 1. The molecule has 1 aromatic rings. The highest BCUT2D eigenvalue weighted by atomic mass is 127. The Morgan fingerprint density at radius 3 is 2.78 bits per heavy atom. The van der Waals surface area contributed by atoms with E-state index in [1.807, 2.05) is 6.92 Å². The summed E-state index contributed by atoms with van der Waals surface area (Å²) in [6, 6.07) is 8.67. The third kappa shape index (κ3) is 6.90. The van der Waals surface area contributed by atoms with E-state index >= 15 is 0 Å². The summed E-state index contributed by atoms with van der Waals surface area (Å²) in [4.78, 5) is 7.11. The predicted octanol–water partition coefficient (Wildman–Crippen LogP) is 1.79. The molecule has 2 heterocycles. The lowest BCUT2D eigenvalue weighted by Gasteiger charge is -2.28. The van der Waals surface area contributed by atoms with Crippen LogP contribution in [-0.2, 0) is 22.8 Å². The van der Waals surface area contributed by atoms with Crippen molar-refractivity contribution >= 4 is 39.8 Å². The van der Waals surface area contributed by atoms with Crippen molar-refractivity contribution in [3.8, 4) is 0 Å². The maximum atomic E-state index is 11.6. The summed E-state index contributed by atoms with van der Waals surface area (Å²) in [6.45, 7) is 6.71. The number of benzene rings is 1. The van der Waals surface area contributed by atoms with Gasteiger partial charge in [0.15, 0.2) is 15.8 Å². The smallest absolute Gasteiger partial charge is 0.191 e. The fraction of sp³-hybridized carbons (Fsp3) is 0.632. The van der Waals surface area contributed by atoms with E-state index in [0.717, 1.165) is 51.5 Å². The Hall–Kier alpha value is -0.870. The van der Waals surface area contributed by atoms with E-state index < -0.39 is 9.84 Å². The minimum atomic E-state index is -2.87. The number of hydrogen-bond acceptors (Lipinski definition) is 4. The highest BCUT2D eigenvalue weighted by molar-refractivity contribution is 14.0. The van der Waals surface area contributed by atoms with Crippen LogP contribution in [0.1, 0.15) is 30.9 Å². The second-order valence-electron chi connectivity index (χ2n) is 7.15. The van der Waals surface area contributed by atoms with Crippen LogP contribution < -0.4 is 10.6 Å². The van der Waals surface area contributed by atoms with E-state index in [1.54, 1.807) is 0 Å². The van der Waals surface area contributed by atoms with Crippen molar-refractivity contribution in [3.05, 3.63) is 35.4 Å². The van der Waals surface area contributed by atoms with E-state index in [-0.39, 0.29) is 41.5 Å². The lowest BCUT2D eigenvalue weighted by atomic mass is 10.00. The molecule has 1 aromatic carbocycles. The summed E-state index contributed by atoms with van der Waals surface area (Å²) >= 11 is 0. The third-order valence-corrected chi connectivity index (χ3v) is 6.80. The topological polar surface area (TPSA) is 73.8 Å². The van der Waals surface area contributed by atoms with Gasteiger partial charge in [0.2, 0.25) is 0 Å². The first-order valence-corrected chi connectivity index (χ1v) is 11.4. The molecule has 0 spiro atoms. The molecule has 0 amide bonds. The summed E-state index contributed by atoms with van der Waals surface area (Å²) in [5.74, 6) is 1.23. The van der Waals surface area contributed by atoms with Crippen molar-refractivity contribution in [3.63, 3.8) is 0 Å². The van der Waals surface area contributed by atoms with Gasteiger partial charge in [-0.05, 0) is 37.3 Å². The summed E-state index contributed by atoms with van der Waals surface area (Å²) < 4.78 is 23.2. The van der Waals surface area contributed by atoms with E-state index in [9.17, 15) is 8.42 Å². The van der Waals surface area contributed by atoms with E-state index in [0.29, 0.717) is 6.42 Å². The Balaban J connectivity index is 0.00000261. The molecule has 1 atom stereocenters. The van der Waals surface area contributed by atoms with E-state index in [4.69, 9.17) is 0 Å². The normalized spacial score (nSPS) is 22.0. The Morgan fingerprint density at radius 2 is 2.07 bits per heavy atom. The van der Waals surface area contributed by atoms with Crippen molar-refractivity contribution in [1.82, 2.24) is 15.5 Å². The van der Waals surface area contributed by atoms with Gasteiger partial charge in [0.25, 0.3) is 0 Å². The first kappa shape index (κ1) is 22.4. The van der Waals surface area contributed by atoms with Gasteiger partial charge in [0.05, 0.1) is 11.5 Å². The molecule has 0 aliphatic carbocycles. The Bertz CT molecular complexity index is 739. The lowest BCUT2D eigenvalue weighted by molar-refractivity contribution is 0.252. The van der Waals surface area contributed by atoms with Gasteiger partial charge in [0.1, 0.15) is 0 Å². The molecule has 2 N–H and O–H groups in total. The van der Waals surface area contributed by atoms with Gasteiger partial charge in [0, 0.05) is 38.8 Å². The van der Waals surface area contributed by atoms with Crippen molar-refractivity contribution in [1.29, 1.82) is 0 Å². The van der Waals surface area contributed by atoms with Crippen molar-refractivity contribution in [2.45, 2.75) is 38.8 Å². The van der Waals surface area contributed by atoms with Crippen LogP contribution in [0.5, 0.6) is 0 Å². The highest BCUT2D eigenvalue weighted by Gasteiger charge is 2.28. The van der Waals surface area contributed by atoms with Crippen LogP contribution in [0, 0.1) is 0 Å². The maximum absolute atomic E-state index is 11.6. The minimum absolute atomic E-state index is 0. The van der Waals surface area contributed by atoms with Crippen LogP contribution in [0.2, 0.25) is 0 Å². The quantitative estimate of drug-likeness (QED) is 0.267. The summed E-state index contributed by atoms with van der Waals surface area (Å²) in [6.07, 6.45) is 2.79. The molecule has 0 bridgehead atoms. The van der Waals surface area contributed by atoms with E-state index in [1.165, 1.54) is 11.1 Å². The van der Waals surface area contributed by atoms with Crippen LogP contribution >= 0.6 is 24.0 Å². The molecule has 2 aliphatic rings. The molecule has 8 heteroatoms. The van der Waals surface area contributed by atoms with Crippen LogP contribution in [0.15, 0.2) is 29.3 Å². The van der Waals surface area contributed by atoms with Gasteiger partial charge >= 0.3 is 0 Å². The van der Waals surface area contributed by atoms with Crippen LogP contribution in [0.3, 0.4) is 0 Å². The summed E-state index contributed by atoms with van der Waals surface area (Å²) in [7, 11) is -2.87. The van der Waals surface area contributed by atoms with Crippen LogP contribution in [0.25, 0.3) is 0 Å². The molecule has 1 saturated heterocycles. The average Bonchev–Trinajstić information content (AvgIpc) is 2.97. The second-order valence-corrected chi connectivity index (χ2v) is 9.38. The molecular weight excluding hydrogens is 475 g/mol. The number of sulfone groups is 1. The molecule has 0 saturated carbocycles. The third-order valence-electron chi connectivity index (χ3n) is 5.03. The molecular formula is C19H31IN4O2S. The van der Waals surface area contributed by atoms with E-state index in [2.05, 4.69) is 44.8 Å². The maximum Gasteiger partial charge on any atom is 0.191 e. The van der Waals surface area contributed by atoms with Crippen LogP contribution in [-0.4, -0.2) is 63.0 Å². The molecule has 3 rings (SSSR count). The minimum Gasteiger partial charge on any atom is -0.357 e. The van der Waals surface area contributed by atoms with Gasteiger partial charge in [-0.1, -0.05) is 24.3 Å². The predicted molar refractivity (Wildman–Crippen MR) is 122 cm³/mol. The number of aliphatic imine (C=N–C) groups is 1. The number of hydrogen-bond donors (Lipinski definition) is 2. The molecule has 0 aromatic heterocycles. The molecule has 1 unspecified atom stereocenters. The van der Waals surface area contributed by atoms with Crippen molar-refractivity contribution in [2.75, 3.05) is 37.7 Å². The van der Waals surface area contributed by atoms with Gasteiger partial charge in [-0.3, -0.25) is 9.89 Å². The zero-order valence-corrected chi connectivity index (χ0v) is 19.1. The first-order chi connectivity index (χ1) is 12.6. The molecule has 27 heavy (non-hydrogen) atoms. The lowest BCUT2D eigenvalue weighted by Crippen LogP contribution is -2.44. The molecule has 1 fully saturated rings. The van der Waals surface area contributed by atoms with Gasteiger partial charge < -0.3 is 10.6 Å². The zero-order chi connectivity index (χ0) is 18.4. The SMILES string of the molecule is CCNC(=NCCCN1CCc2ccccc2C1)NC1CCS(=O)(=O)C1.I. The number of fused-ring (bicyclic) bond motifs is 1. The van der Waals surface area contributed by atoms with Gasteiger partial charge in [-0.15, -0.1) is 24.0 Å². The zero-order valence-electron chi connectivity index (χ0n) is 16.0. The van der Waals surface area contributed by atoms with Crippen molar-refractivity contribution < 1.29 is 8.42 Å². The fourth-order valence-electron chi connectivity index (χ4n) is 3.65. The summed E-state index contributed by atoms with van der Waals surface area (Å²) in [5.41, 5.74) is 2.92. The number of rotatable bonds is 6. The monoisotopic (exact) mass is 506 g/mol. The first-order valence-electron chi connectivity index (χ1n) is 9.60. The molecule has 6 nitrogen and oxygen atoms in total. The molecule has 0 radical (unpaired) electrons. The molecule has 152 valence electrons. The number of guanidine groups is 1. The Kier molecular flexibility index (Phi) is 8.81. The standard InChI is InChI=1S/C19H30N4O2S.HI/c1-2-20-19(22-18-9-13-26(24,25)15-18)21-10-5-11-23-12-8-16-6-3-4-7-17(16)14-23;/h3-4,6-7,18H,2,5,8-15H2,1H3,(H2,20,21,22);1H. The largest absolute Gasteiger partial charge is 0.357 e. The highest BCUT2D eigenvalue weighted by Crippen LogP contribution is 2.18. The number of nitrogens with zero attached hydrogens (tertiary/aromatic N) is 2. The Labute approximate surface area is 180 Å². The fourth-order valence-corrected chi connectivity index (χ4v) is 5.33.